The molecule has 0 aromatic rings. The second-order valence-corrected chi connectivity index (χ2v) is 5.41. The van der Waals surface area contributed by atoms with Gasteiger partial charge in [0.15, 0.2) is 0 Å². The Morgan fingerprint density at radius 1 is 1.21 bits per heavy atom. The van der Waals surface area contributed by atoms with E-state index in [4.69, 9.17) is 0 Å². The van der Waals surface area contributed by atoms with Crippen molar-refractivity contribution in [2.24, 2.45) is 17.8 Å². The normalized spacial score (nSPS) is 39.4. The first-order chi connectivity index (χ1) is 6.45. The Morgan fingerprint density at radius 3 is 2.21 bits per heavy atom. The van der Waals surface area contributed by atoms with E-state index in [1.54, 1.807) is 0 Å². The van der Waals surface area contributed by atoms with Gasteiger partial charge in [-0.15, -0.1) is 0 Å². The van der Waals surface area contributed by atoms with Crippen LogP contribution in [0.3, 0.4) is 0 Å². The number of aliphatic hydroxyl groups is 1. The monoisotopic (exact) mass is 199 g/mol. The molecule has 4 atom stereocenters. The Hall–Kier alpha value is -0.0800. The van der Waals surface area contributed by atoms with E-state index >= 15 is 0 Å². The van der Waals surface area contributed by atoms with Crippen molar-refractivity contribution in [3.63, 3.8) is 0 Å². The fourth-order valence-corrected chi connectivity index (χ4v) is 2.93. The molecule has 0 saturated heterocycles. The van der Waals surface area contributed by atoms with Crippen LogP contribution in [0, 0.1) is 17.8 Å². The number of nitrogens with zero attached hydrogens (tertiary/aromatic N) is 1. The van der Waals surface area contributed by atoms with Crippen LogP contribution in [0.1, 0.15) is 33.6 Å². The number of likely N-dealkylation sites (N-methyl/N-ethyl adjacent to an activating group) is 1. The van der Waals surface area contributed by atoms with Gasteiger partial charge in [0.1, 0.15) is 0 Å². The number of aliphatic hydroxyl groups excluding tert-OH is 1. The van der Waals surface area contributed by atoms with Gasteiger partial charge >= 0.3 is 0 Å². The Balaban J connectivity index is 2.72. The smallest absolute Gasteiger partial charge is 0.0728 e. The second-order valence-electron chi connectivity index (χ2n) is 5.41. The van der Waals surface area contributed by atoms with Crippen molar-refractivity contribution in [1.29, 1.82) is 0 Å². The Labute approximate surface area is 88.3 Å². The van der Waals surface area contributed by atoms with Gasteiger partial charge in [0, 0.05) is 6.04 Å². The van der Waals surface area contributed by atoms with Crippen molar-refractivity contribution in [2.75, 3.05) is 14.1 Å². The molecule has 0 unspecified atom stereocenters. The highest BCUT2D eigenvalue weighted by Crippen LogP contribution is 2.35. The Bertz CT molecular complexity index is 179. The van der Waals surface area contributed by atoms with Crippen LogP contribution >= 0.6 is 0 Å². The third-order valence-electron chi connectivity index (χ3n) is 3.78. The van der Waals surface area contributed by atoms with Crippen molar-refractivity contribution in [1.82, 2.24) is 4.90 Å². The van der Waals surface area contributed by atoms with Gasteiger partial charge in [-0.2, -0.15) is 0 Å². The first kappa shape index (κ1) is 12.0. The van der Waals surface area contributed by atoms with Gasteiger partial charge in [-0.25, -0.2) is 0 Å². The lowest BCUT2D eigenvalue weighted by atomic mass is 9.72. The molecule has 0 amide bonds. The lowest BCUT2D eigenvalue weighted by Crippen LogP contribution is -2.51. The minimum atomic E-state index is -0.145. The van der Waals surface area contributed by atoms with Crippen LogP contribution in [0.15, 0.2) is 0 Å². The van der Waals surface area contributed by atoms with Crippen LogP contribution < -0.4 is 0 Å². The topological polar surface area (TPSA) is 23.5 Å². The van der Waals surface area contributed by atoms with E-state index in [-0.39, 0.29) is 6.10 Å². The van der Waals surface area contributed by atoms with Crippen LogP contribution in [0.25, 0.3) is 0 Å². The van der Waals surface area contributed by atoms with Gasteiger partial charge in [-0.1, -0.05) is 20.8 Å². The summed E-state index contributed by atoms with van der Waals surface area (Å²) in [5, 5.41) is 10.3. The summed E-state index contributed by atoms with van der Waals surface area (Å²) in [5.74, 6) is 1.70. The summed E-state index contributed by atoms with van der Waals surface area (Å²) in [6.07, 6.45) is 2.29. The van der Waals surface area contributed by atoms with E-state index in [0.29, 0.717) is 23.8 Å². The summed E-state index contributed by atoms with van der Waals surface area (Å²) in [6, 6.07) is 0.344. The summed E-state index contributed by atoms with van der Waals surface area (Å²) in [7, 11) is 4.15. The molecule has 0 aromatic carbocycles. The average Bonchev–Trinajstić information content (AvgIpc) is 2.02. The molecule has 0 aromatic heterocycles. The number of rotatable bonds is 2. The average molecular weight is 199 g/mol. The fraction of sp³-hybridized carbons (Fsp3) is 1.00. The first-order valence-corrected chi connectivity index (χ1v) is 5.79. The highest BCUT2D eigenvalue weighted by molar-refractivity contribution is 4.91. The third-order valence-corrected chi connectivity index (χ3v) is 3.78. The molecule has 2 nitrogen and oxygen atoms in total. The minimum Gasteiger partial charge on any atom is -0.391 e. The molecule has 0 spiro atoms. The molecule has 0 radical (unpaired) electrons. The van der Waals surface area contributed by atoms with E-state index in [9.17, 15) is 5.11 Å². The van der Waals surface area contributed by atoms with Crippen molar-refractivity contribution < 1.29 is 5.11 Å². The van der Waals surface area contributed by atoms with E-state index in [1.165, 1.54) is 12.8 Å². The molecule has 0 bridgehead atoms. The van der Waals surface area contributed by atoms with Gasteiger partial charge in [-0.3, -0.25) is 0 Å². The van der Waals surface area contributed by atoms with Gasteiger partial charge in [0.2, 0.25) is 0 Å². The highest BCUT2D eigenvalue weighted by Gasteiger charge is 2.38. The fourth-order valence-electron chi connectivity index (χ4n) is 2.93. The van der Waals surface area contributed by atoms with E-state index in [0.717, 1.165) is 0 Å². The van der Waals surface area contributed by atoms with Gasteiger partial charge in [0.05, 0.1) is 6.10 Å². The molecule has 1 N–H and O–H groups in total. The summed E-state index contributed by atoms with van der Waals surface area (Å²) in [5.41, 5.74) is 0. The molecule has 84 valence electrons. The SMILES string of the molecule is CC(C)[C@@H]1CC[C@@H](C)[C@H](N(C)C)[C@H]1O. The van der Waals surface area contributed by atoms with Crippen molar-refractivity contribution in [3.05, 3.63) is 0 Å². The van der Waals surface area contributed by atoms with E-state index < -0.39 is 0 Å². The van der Waals surface area contributed by atoms with Crippen LogP contribution in [0.5, 0.6) is 0 Å². The zero-order chi connectivity index (χ0) is 10.9. The van der Waals surface area contributed by atoms with Gasteiger partial charge in [-0.05, 0) is 44.7 Å². The molecule has 1 fully saturated rings. The third kappa shape index (κ3) is 2.29. The molecule has 0 heterocycles. The molecule has 1 rings (SSSR count). The summed E-state index contributed by atoms with van der Waals surface area (Å²) < 4.78 is 0. The second kappa shape index (κ2) is 4.63. The maximum Gasteiger partial charge on any atom is 0.0728 e. The minimum absolute atomic E-state index is 0.145. The lowest BCUT2D eigenvalue weighted by Gasteiger charge is -2.44. The summed E-state index contributed by atoms with van der Waals surface area (Å²) >= 11 is 0. The summed E-state index contributed by atoms with van der Waals surface area (Å²) in [6.45, 7) is 6.69. The maximum absolute atomic E-state index is 10.3. The largest absolute Gasteiger partial charge is 0.391 e. The molecular formula is C12H25NO. The van der Waals surface area contributed by atoms with Crippen molar-refractivity contribution in [3.8, 4) is 0 Å². The number of hydrogen-bond acceptors (Lipinski definition) is 2. The predicted molar refractivity (Wildman–Crippen MR) is 60.2 cm³/mol. The quantitative estimate of drug-likeness (QED) is 0.735. The van der Waals surface area contributed by atoms with E-state index in [2.05, 4.69) is 39.8 Å². The zero-order valence-corrected chi connectivity index (χ0v) is 10.2. The molecule has 1 aliphatic carbocycles. The van der Waals surface area contributed by atoms with Crippen LogP contribution in [-0.2, 0) is 0 Å². The Kier molecular flexibility index (Phi) is 3.96. The van der Waals surface area contributed by atoms with Crippen molar-refractivity contribution >= 4 is 0 Å². The zero-order valence-electron chi connectivity index (χ0n) is 10.2. The molecule has 0 aliphatic heterocycles. The standard InChI is InChI=1S/C12H25NO/c1-8(2)10-7-6-9(3)11(12(10)14)13(4)5/h8-12,14H,6-7H2,1-5H3/t9-,10+,11+,12+/m1/s1. The molecule has 2 heteroatoms. The van der Waals surface area contributed by atoms with Gasteiger partial charge < -0.3 is 10.0 Å². The lowest BCUT2D eigenvalue weighted by molar-refractivity contribution is -0.0415. The predicted octanol–water partition coefficient (Wildman–Crippen LogP) is 1.98. The molecule has 14 heavy (non-hydrogen) atoms. The van der Waals surface area contributed by atoms with Crippen LogP contribution in [-0.4, -0.2) is 36.2 Å². The van der Waals surface area contributed by atoms with E-state index in [1.807, 2.05) is 0 Å². The number of hydrogen-bond donors (Lipinski definition) is 1. The summed E-state index contributed by atoms with van der Waals surface area (Å²) in [4.78, 5) is 2.18. The van der Waals surface area contributed by atoms with Crippen molar-refractivity contribution in [2.45, 2.75) is 45.8 Å². The highest BCUT2D eigenvalue weighted by atomic mass is 16.3. The first-order valence-electron chi connectivity index (χ1n) is 5.79. The maximum atomic E-state index is 10.3. The molecule has 1 saturated carbocycles. The molecule has 1 aliphatic rings. The Morgan fingerprint density at radius 2 is 1.79 bits per heavy atom. The van der Waals surface area contributed by atoms with Crippen LogP contribution in [0.4, 0.5) is 0 Å². The van der Waals surface area contributed by atoms with Gasteiger partial charge in [0.25, 0.3) is 0 Å². The van der Waals surface area contributed by atoms with Crippen LogP contribution in [0.2, 0.25) is 0 Å². The molecular weight excluding hydrogens is 174 g/mol.